The van der Waals surface area contributed by atoms with Gasteiger partial charge in [-0.25, -0.2) is 0 Å². The van der Waals surface area contributed by atoms with Crippen molar-refractivity contribution in [1.82, 2.24) is 5.32 Å². The minimum absolute atomic E-state index is 0.178. The van der Waals surface area contributed by atoms with E-state index in [9.17, 15) is 13.8 Å². The maximum atomic E-state index is 10.9. The normalized spacial score (nSPS) is 11.4. The number of amides is 1. The highest BCUT2D eigenvalue weighted by Crippen LogP contribution is 1.83. The molecule has 0 radical (unpaired) electrons. The second-order valence-electron chi connectivity index (χ2n) is 2.38. The summed E-state index contributed by atoms with van der Waals surface area (Å²) in [5.74, 6) is -2.57. The smallest absolute Gasteiger partial charge is 0.316 e. The number of aliphatic carboxylic acids is 1. The molecule has 0 spiro atoms. The van der Waals surface area contributed by atoms with Crippen LogP contribution in [0.25, 0.3) is 0 Å². The number of hydrogen-bond acceptors (Lipinski definition) is 4. The van der Waals surface area contributed by atoms with E-state index < -0.39 is 28.4 Å². The molecule has 78 valence electrons. The van der Waals surface area contributed by atoms with Crippen LogP contribution < -0.4 is 5.32 Å². The summed E-state index contributed by atoms with van der Waals surface area (Å²) in [7, 11) is -1.68. The van der Waals surface area contributed by atoms with Gasteiger partial charge >= 0.3 is 5.97 Å². The maximum absolute atomic E-state index is 10.9. The highest BCUT2D eigenvalue weighted by Gasteiger charge is 2.10. The molecule has 0 heterocycles. The van der Waals surface area contributed by atoms with E-state index in [1.54, 1.807) is 0 Å². The Morgan fingerprint density at radius 2 is 2.07 bits per heavy atom. The number of rotatable bonds is 6. The van der Waals surface area contributed by atoms with Crippen molar-refractivity contribution in [2.24, 2.45) is 0 Å². The highest BCUT2D eigenvalue weighted by molar-refractivity contribution is 7.86. The van der Waals surface area contributed by atoms with Crippen molar-refractivity contribution >= 4 is 22.7 Å². The summed E-state index contributed by atoms with van der Waals surface area (Å²) >= 11 is 0. The topological polar surface area (TPSA) is 107 Å². The van der Waals surface area contributed by atoms with Gasteiger partial charge in [0.15, 0.2) is 0 Å². The van der Waals surface area contributed by atoms with E-state index >= 15 is 0 Å². The lowest BCUT2D eigenvalue weighted by atomic mass is 10.4. The Morgan fingerprint density at radius 1 is 1.43 bits per heavy atom. The molecule has 6 nitrogen and oxygen atoms in total. The summed E-state index contributed by atoms with van der Waals surface area (Å²) in [5.41, 5.74) is 0. The maximum Gasteiger partial charge on any atom is 0.316 e. The lowest BCUT2D eigenvalue weighted by molar-refractivity contribution is -0.133. The van der Waals surface area contributed by atoms with Gasteiger partial charge in [-0.3, -0.25) is 13.8 Å². The molecule has 14 heavy (non-hydrogen) atoms. The molecule has 0 aliphatic rings. The van der Waals surface area contributed by atoms with Gasteiger partial charge in [0.1, 0.15) is 11.5 Å². The van der Waals surface area contributed by atoms with Gasteiger partial charge in [-0.1, -0.05) is 0 Å². The summed E-state index contributed by atoms with van der Waals surface area (Å²) < 4.78 is 10.9. The van der Waals surface area contributed by atoms with Crippen LogP contribution in [-0.4, -0.2) is 39.2 Å². The van der Waals surface area contributed by atoms with E-state index in [1.165, 1.54) is 0 Å². The Morgan fingerprint density at radius 3 is 2.57 bits per heavy atom. The fourth-order valence-corrected chi connectivity index (χ4v) is 1.42. The third-order valence-electron chi connectivity index (χ3n) is 1.14. The average molecular weight is 218 g/mol. The standard InChI is InChI=1S/C7H10N2O4S/c8-2-1-3-9-6(10)4-14(13)5-7(11)12/h1,3-5H2,(H,9,10)(H,11,12). The summed E-state index contributed by atoms with van der Waals surface area (Å²) in [6.07, 6.45) is 0.178. The molecule has 1 unspecified atom stereocenters. The number of carboxylic acid groups (broad SMARTS) is 1. The van der Waals surface area contributed by atoms with Gasteiger partial charge in [-0.05, 0) is 0 Å². The third kappa shape index (κ3) is 7.24. The molecule has 0 aromatic rings. The van der Waals surface area contributed by atoms with E-state index in [0.29, 0.717) is 0 Å². The lowest BCUT2D eigenvalue weighted by Gasteiger charge is -2.00. The summed E-state index contributed by atoms with van der Waals surface area (Å²) in [6.45, 7) is 0.194. The second kappa shape index (κ2) is 7.03. The van der Waals surface area contributed by atoms with Crippen LogP contribution in [0, 0.1) is 11.3 Å². The van der Waals surface area contributed by atoms with Gasteiger partial charge in [0, 0.05) is 17.3 Å². The van der Waals surface area contributed by atoms with Crippen LogP contribution in [0.3, 0.4) is 0 Å². The number of carboxylic acids is 1. The molecule has 2 N–H and O–H groups in total. The fraction of sp³-hybridized carbons (Fsp3) is 0.571. The molecule has 1 atom stereocenters. The lowest BCUT2D eigenvalue weighted by Crippen LogP contribution is -2.30. The molecule has 0 saturated heterocycles. The van der Waals surface area contributed by atoms with Crippen LogP contribution in [0.1, 0.15) is 6.42 Å². The van der Waals surface area contributed by atoms with E-state index in [0.717, 1.165) is 0 Å². The van der Waals surface area contributed by atoms with E-state index in [-0.39, 0.29) is 18.7 Å². The zero-order valence-corrected chi connectivity index (χ0v) is 8.17. The van der Waals surface area contributed by atoms with Crippen LogP contribution in [0.5, 0.6) is 0 Å². The molecule has 0 fully saturated rings. The van der Waals surface area contributed by atoms with Crippen LogP contribution in [0.15, 0.2) is 0 Å². The Hall–Kier alpha value is -1.42. The Labute approximate surface area is 83.4 Å². The molecule has 0 bridgehead atoms. The zero-order chi connectivity index (χ0) is 11.0. The van der Waals surface area contributed by atoms with E-state index in [4.69, 9.17) is 10.4 Å². The van der Waals surface area contributed by atoms with Crippen molar-refractivity contribution < 1.29 is 18.9 Å². The SMILES string of the molecule is N#CCCNC(=O)CS(=O)CC(=O)O. The Kier molecular flexibility index (Phi) is 6.32. The van der Waals surface area contributed by atoms with Crippen LogP contribution in [0.2, 0.25) is 0 Å². The number of carbonyl (C=O) groups is 2. The van der Waals surface area contributed by atoms with Gasteiger partial charge in [-0.2, -0.15) is 5.26 Å². The quantitative estimate of drug-likeness (QED) is 0.547. The first-order chi connectivity index (χ1) is 6.56. The van der Waals surface area contributed by atoms with Crippen LogP contribution in [-0.2, 0) is 20.4 Å². The Bertz CT molecular complexity index is 284. The molecule has 0 rings (SSSR count). The highest BCUT2D eigenvalue weighted by atomic mass is 32.2. The minimum atomic E-state index is -1.68. The summed E-state index contributed by atoms with van der Waals surface area (Å²) in [5, 5.41) is 18.7. The molecule has 0 aromatic carbocycles. The molecule has 1 amide bonds. The summed E-state index contributed by atoms with van der Waals surface area (Å²) in [4.78, 5) is 21.0. The number of nitrogens with one attached hydrogen (secondary N) is 1. The fourth-order valence-electron chi connectivity index (χ4n) is 0.644. The van der Waals surface area contributed by atoms with Crippen LogP contribution >= 0.6 is 0 Å². The van der Waals surface area contributed by atoms with Crippen molar-refractivity contribution in [2.75, 3.05) is 18.1 Å². The predicted molar refractivity (Wildman–Crippen MR) is 48.8 cm³/mol. The van der Waals surface area contributed by atoms with Crippen molar-refractivity contribution in [3.05, 3.63) is 0 Å². The van der Waals surface area contributed by atoms with Gasteiger partial charge in [0.05, 0.1) is 12.5 Å². The summed E-state index contributed by atoms with van der Waals surface area (Å²) in [6, 6.07) is 1.82. The predicted octanol–water partition coefficient (Wildman–Crippen LogP) is -1.15. The van der Waals surface area contributed by atoms with Crippen molar-refractivity contribution in [3.8, 4) is 6.07 Å². The van der Waals surface area contributed by atoms with Gasteiger partial charge in [-0.15, -0.1) is 0 Å². The number of carbonyl (C=O) groups excluding carboxylic acids is 1. The first-order valence-corrected chi connectivity index (χ1v) is 5.25. The average Bonchev–Trinajstić information content (AvgIpc) is 2.02. The number of hydrogen-bond donors (Lipinski definition) is 2. The molecule has 0 aliphatic carbocycles. The first-order valence-electron chi connectivity index (χ1n) is 3.76. The molecule has 7 heteroatoms. The second-order valence-corrected chi connectivity index (χ2v) is 3.84. The molecular formula is C7H10N2O4S. The first kappa shape index (κ1) is 12.6. The van der Waals surface area contributed by atoms with E-state index in [2.05, 4.69) is 5.32 Å². The van der Waals surface area contributed by atoms with Gasteiger partial charge < -0.3 is 10.4 Å². The molecule has 0 aliphatic heterocycles. The Balaban J connectivity index is 3.67. The van der Waals surface area contributed by atoms with Crippen molar-refractivity contribution in [2.45, 2.75) is 6.42 Å². The number of nitriles is 1. The third-order valence-corrected chi connectivity index (χ3v) is 2.29. The minimum Gasteiger partial charge on any atom is -0.481 e. The van der Waals surface area contributed by atoms with Gasteiger partial charge in [0.2, 0.25) is 5.91 Å². The van der Waals surface area contributed by atoms with E-state index in [1.807, 2.05) is 6.07 Å². The molecule has 0 saturated carbocycles. The molecule has 0 aromatic heterocycles. The number of nitrogens with zero attached hydrogens (tertiary/aromatic N) is 1. The van der Waals surface area contributed by atoms with Crippen molar-refractivity contribution in [3.63, 3.8) is 0 Å². The largest absolute Gasteiger partial charge is 0.481 e. The zero-order valence-electron chi connectivity index (χ0n) is 7.36. The monoisotopic (exact) mass is 218 g/mol. The molecular weight excluding hydrogens is 208 g/mol. The van der Waals surface area contributed by atoms with Crippen LogP contribution in [0.4, 0.5) is 0 Å². The van der Waals surface area contributed by atoms with Gasteiger partial charge in [0.25, 0.3) is 0 Å². The van der Waals surface area contributed by atoms with Crippen molar-refractivity contribution in [1.29, 1.82) is 5.26 Å².